The first-order chi connectivity index (χ1) is 12.2. The summed E-state index contributed by atoms with van der Waals surface area (Å²) in [6.07, 6.45) is 4.06. The Morgan fingerprint density at radius 2 is 1.88 bits per heavy atom. The molecular weight excluding hydrogens is 332 g/mol. The molecule has 2 N–H and O–H groups in total. The Kier molecular flexibility index (Phi) is 5.79. The lowest BCUT2D eigenvalue weighted by Gasteiger charge is -2.24. The van der Waals surface area contributed by atoms with Gasteiger partial charge in [-0.05, 0) is 48.9 Å². The van der Waals surface area contributed by atoms with E-state index in [1.165, 1.54) is 11.8 Å². The maximum absolute atomic E-state index is 13.0. The number of carbonyl (C=O) groups is 1. The number of hydrogen-bond acceptors (Lipinski definition) is 4. The van der Waals surface area contributed by atoms with Crippen molar-refractivity contribution in [1.82, 2.24) is 5.32 Å². The Hall–Kier alpha value is -2.24. The maximum atomic E-state index is 13.0. The first-order valence-corrected chi connectivity index (χ1v) is 9.36. The number of carbonyl (C=O) groups excluding carboxylic acids is 1. The molecule has 1 aliphatic rings. The SMILES string of the molecule is CCCCNC1S/C(=C\c2ccc(O)cc2)C(=O)N1c1ccccc1. The Labute approximate surface area is 152 Å². The monoisotopic (exact) mass is 354 g/mol. The molecule has 1 saturated heterocycles. The molecule has 130 valence electrons. The van der Waals surface area contributed by atoms with Crippen LogP contribution in [0.1, 0.15) is 25.3 Å². The number of anilines is 1. The van der Waals surface area contributed by atoms with Crippen LogP contribution in [0.5, 0.6) is 5.75 Å². The Morgan fingerprint density at radius 1 is 1.16 bits per heavy atom. The van der Waals surface area contributed by atoms with Crippen molar-refractivity contribution in [3.63, 3.8) is 0 Å². The number of para-hydroxylation sites is 1. The molecule has 0 aliphatic carbocycles. The number of thioether (sulfide) groups is 1. The van der Waals surface area contributed by atoms with Crippen molar-refractivity contribution in [1.29, 1.82) is 0 Å². The van der Waals surface area contributed by atoms with E-state index in [2.05, 4.69) is 12.2 Å². The van der Waals surface area contributed by atoms with Crippen molar-refractivity contribution in [2.45, 2.75) is 25.3 Å². The summed E-state index contributed by atoms with van der Waals surface area (Å²) in [5.41, 5.74) is 1.68. The predicted octanol–water partition coefficient (Wildman–Crippen LogP) is 4.19. The molecule has 1 amide bonds. The molecular formula is C20H22N2O2S. The van der Waals surface area contributed by atoms with Crippen molar-refractivity contribution in [3.8, 4) is 5.75 Å². The van der Waals surface area contributed by atoms with E-state index in [0.717, 1.165) is 30.6 Å². The largest absolute Gasteiger partial charge is 0.508 e. The van der Waals surface area contributed by atoms with E-state index in [-0.39, 0.29) is 17.2 Å². The fourth-order valence-corrected chi connectivity index (χ4v) is 3.81. The van der Waals surface area contributed by atoms with Crippen molar-refractivity contribution in [3.05, 3.63) is 65.1 Å². The van der Waals surface area contributed by atoms with Gasteiger partial charge < -0.3 is 5.11 Å². The highest BCUT2D eigenvalue weighted by molar-refractivity contribution is 8.05. The summed E-state index contributed by atoms with van der Waals surface area (Å²) in [6.45, 7) is 3.02. The normalized spacial score (nSPS) is 18.9. The molecule has 5 heteroatoms. The zero-order valence-electron chi connectivity index (χ0n) is 14.2. The number of nitrogens with one attached hydrogen (secondary N) is 1. The Bertz CT molecular complexity index is 744. The van der Waals surface area contributed by atoms with Crippen molar-refractivity contribution < 1.29 is 9.90 Å². The average Bonchev–Trinajstić information content (AvgIpc) is 2.93. The minimum Gasteiger partial charge on any atom is -0.508 e. The lowest BCUT2D eigenvalue weighted by molar-refractivity contribution is -0.114. The smallest absolute Gasteiger partial charge is 0.266 e. The summed E-state index contributed by atoms with van der Waals surface area (Å²) >= 11 is 1.54. The third kappa shape index (κ3) is 4.24. The molecule has 2 aromatic carbocycles. The molecule has 4 nitrogen and oxygen atoms in total. The van der Waals surface area contributed by atoms with Gasteiger partial charge in [0.1, 0.15) is 11.2 Å². The number of hydrogen-bond donors (Lipinski definition) is 2. The van der Waals surface area contributed by atoms with E-state index in [4.69, 9.17) is 0 Å². The number of amides is 1. The molecule has 1 fully saturated rings. The molecule has 1 unspecified atom stereocenters. The Morgan fingerprint density at radius 3 is 2.56 bits per heavy atom. The zero-order valence-corrected chi connectivity index (χ0v) is 15.0. The van der Waals surface area contributed by atoms with Gasteiger partial charge in [-0.15, -0.1) is 0 Å². The lowest BCUT2D eigenvalue weighted by atomic mass is 10.2. The quantitative estimate of drug-likeness (QED) is 0.603. The molecule has 2 aromatic rings. The van der Waals surface area contributed by atoms with Gasteiger partial charge in [-0.2, -0.15) is 0 Å². The second-order valence-electron chi connectivity index (χ2n) is 5.89. The highest BCUT2D eigenvalue weighted by Gasteiger charge is 2.36. The number of aromatic hydroxyl groups is 1. The van der Waals surface area contributed by atoms with Gasteiger partial charge in [0, 0.05) is 5.69 Å². The Balaban J connectivity index is 1.86. The van der Waals surface area contributed by atoms with Crippen molar-refractivity contribution >= 4 is 29.4 Å². The third-order valence-electron chi connectivity index (χ3n) is 3.98. The number of benzene rings is 2. The minimum atomic E-state index is -0.107. The molecule has 0 spiro atoms. The molecule has 25 heavy (non-hydrogen) atoms. The van der Waals surface area contributed by atoms with Gasteiger partial charge in [0.2, 0.25) is 0 Å². The van der Waals surface area contributed by atoms with Crippen LogP contribution in [0.2, 0.25) is 0 Å². The fraction of sp³-hybridized carbons (Fsp3) is 0.250. The highest BCUT2D eigenvalue weighted by atomic mass is 32.2. The molecule has 3 rings (SSSR count). The van der Waals surface area contributed by atoms with Crippen LogP contribution in [0.15, 0.2) is 59.5 Å². The van der Waals surface area contributed by atoms with Gasteiger partial charge in [0.15, 0.2) is 0 Å². The first kappa shape index (κ1) is 17.6. The summed E-state index contributed by atoms with van der Waals surface area (Å²) in [5.74, 6) is 0.218. The van der Waals surface area contributed by atoms with Crippen LogP contribution in [-0.4, -0.2) is 23.1 Å². The van der Waals surface area contributed by atoms with Crippen LogP contribution >= 0.6 is 11.8 Å². The number of nitrogens with zero attached hydrogens (tertiary/aromatic N) is 1. The number of phenolic OH excluding ortho intramolecular Hbond substituents is 1. The summed E-state index contributed by atoms with van der Waals surface area (Å²) in [6, 6.07) is 16.6. The van der Waals surface area contributed by atoms with E-state index in [9.17, 15) is 9.90 Å². The van der Waals surface area contributed by atoms with Gasteiger partial charge in [0.25, 0.3) is 5.91 Å². The van der Waals surface area contributed by atoms with Gasteiger partial charge in [0.05, 0.1) is 4.91 Å². The van der Waals surface area contributed by atoms with Crippen LogP contribution in [0, 0.1) is 0 Å². The lowest BCUT2D eigenvalue weighted by Crippen LogP contribution is -2.42. The molecule has 0 radical (unpaired) electrons. The van der Waals surface area contributed by atoms with Crippen LogP contribution in [0.3, 0.4) is 0 Å². The van der Waals surface area contributed by atoms with Gasteiger partial charge in [-0.25, -0.2) is 0 Å². The summed E-state index contributed by atoms with van der Waals surface area (Å²) in [4.78, 5) is 15.5. The standard InChI is InChI=1S/C20H22N2O2S/c1-2-3-13-21-20-22(16-7-5-4-6-8-16)19(24)18(25-20)14-15-9-11-17(23)12-10-15/h4-12,14,20-21,23H,2-3,13H2,1H3/b18-14-. The number of rotatable bonds is 6. The van der Waals surface area contributed by atoms with Crippen molar-refractivity contribution in [2.75, 3.05) is 11.4 Å². The summed E-state index contributed by atoms with van der Waals surface area (Å²) in [5, 5.41) is 12.9. The fourth-order valence-electron chi connectivity index (χ4n) is 2.64. The van der Waals surface area contributed by atoms with Crippen LogP contribution in [0.25, 0.3) is 6.08 Å². The van der Waals surface area contributed by atoms with Crippen LogP contribution in [0.4, 0.5) is 5.69 Å². The maximum Gasteiger partial charge on any atom is 0.266 e. The van der Waals surface area contributed by atoms with Crippen LogP contribution in [-0.2, 0) is 4.79 Å². The van der Waals surface area contributed by atoms with Crippen molar-refractivity contribution in [2.24, 2.45) is 0 Å². The average molecular weight is 354 g/mol. The molecule has 0 saturated carbocycles. The first-order valence-electron chi connectivity index (χ1n) is 8.48. The second kappa shape index (κ2) is 8.23. The third-order valence-corrected chi connectivity index (χ3v) is 5.12. The van der Waals surface area contributed by atoms with Gasteiger partial charge >= 0.3 is 0 Å². The zero-order chi connectivity index (χ0) is 17.6. The van der Waals surface area contributed by atoms with E-state index in [1.54, 1.807) is 24.3 Å². The molecule has 1 aliphatic heterocycles. The highest BCUT2D eigenvalue weighted by Crippen LogP contribution is 2.38. The summed E-state index contributed by atoms with van der Waals surface area (Å²) < 4.78 is 0. The molecule has 1 heterocycles. The van der Waals surface area contributed by atoms with Gasteiger partial charge in [-0.3, -0.25) is 15.0 Å². The second-order valence-corrected chi connectivity index (χ2v) is 7.01. The van der Waals surface area contributed by atoms with E-state index < -0.39 is 0 Å². The van der Waals surface area contributed by atoms with E-state index >= 15 is 0 Å². The minimum absolute atomic E-state index is 0.00160. The number of unbranched alkanes of at least 4 members (excludes halogenated alkanes) is 1. The topological polar surface area (TPSA) is 52.6 Å². The molecule has 0 bridgehead atoms. The van der Waals surface area contributed by atoms with E-state index in [0.29, 0.717) is 4.91 Å². The van der Waals surface area contributed by atoms with E-state index in [1.807, 2.05) is 41.3 Å². The summed E-state index contributed by atoms with van der Waals surface area (Å²) in [7, 11) is 0. The molecule has 0 aromatic heterocycles. The predicted molar refractivity (Wildman–Crippen MR) is 104 cm³/mol. The van der Waals surface area contributed by atoms with Crippen LogP contribution < -0.4 is 10.2 Å². The number of phenols is 1. The van der Waals surface area contributed by atoms with Gasteiger partial charge in [-0.1, -0.05) is 55.4 Å². The molecule has 1 atom stereocenters.